The fraction of sp³-hybridized carbons (Fsp3) is 0.650. The number of fused-ring (bicyclic) bond motifs is 2. The Labute approximate surface area is 159 Å². The molecule has 0 saturated heterocycles. The number of aromatic nitrogens is 3. The van der Waals surface area contributed by atoms with Gasteiger partial charge in [0, 0.05) is 19.3 Å². The van der Waals surface area contributed by atoms with Crippen molar-refractivity contribution in [2.24, 2.45) is 17.8 Å². The van der Waals surface area contributed by atoms with Gasteiger partial charge in [0.15, 0.2) is 11.5 Å². The third kappa shape index (κ3) is 3.23. The number of hydrogen-bond acceptors (Lipinski definition) is 5. The second kappa shape index (κ2) is 6.87. The zero-order valence-corrected chi connectivity index (χ0v) is 16.1. The summed E-state index contributed by atoms with van der Waals surface area (Å²) in [6.45, 7) is 3.84. The predicted octanol–water partition coefficient (Wildman–Crippen LogP) is 2.04. The molecule has 2 N–H and O–H groups in total. The standard InChI is InChI=1S/C20H28N4O3/c1-11(2)18(26)19-22-21-17-5-4-12(10-24(17)19)20(27)23(3)15-6-13-8-16(25)9-14(13)7-15/h4-5,10-11,13-16,18,25-26H,6-9H2,1-3H3/t13-,14+,15?,16?,18?. The summed E-state index contributed by atoms with van der Waals surface area (Å²) in [5.41, 5.74) is 1.19. The third-order valence-electron chi connectivity index (χ3n) is 6.41. The fourth-order valence-electron chi connectivity index (χ4n) is 4.77. The van der Waals surface area contributed by atoms with Crippen molar-refractivity contribution in [1.29, 1.82) is 0 Å². The smallest absolute Gasteiger partial charge is 0.255 e. The highest BCUT2D eigenvalue weighted by Crippen LogP contribution is 2.45. The van der Waals surface area contributed by atoms with Crippen molar-refractivity contribution in [1.82, 2.24) is 19.5 Å². The highest BCUT2D eigenvalue weighted by molar-refractivity contribution is 5.94. The Morgan fingerprint density at radius 1 is 1.19 bits per heavy atom. The van der Waals surface area contributed by atoms with Gasteiger partial charge in [0.1, 0.15) is 6.10 Å². The second-order valence-corrected chi connectivity index (χ2v) is 8.58. The molecule has 0 spiro atoms. The van der Waals surface area contributed by atoms with Gasteiger partial charge in [0.05, 0.1) is 11.7 Å². The van der Waals surface area contributed by atoms with Crippen molar-refractivity contribution < 1.29 is 15.0 Å². The number of hydrogen-bond donors (Lipinski definition) is 2. The summed E-state index contributed by atoms with van der Waals surface area (Å²) in [5.74, 6) is 1.51. The quantitative estimate of drug-likeness (QED) is 0.857. The minimum Gasteiger partial charge on any atom is -0.393 e. The maximum absolute atomic E-state index is 13.1. The topological polar surface area (TPSA) is 91.0 Å². The lowest BCUT2D eigenvalue weighted by atomic mass is 10.0. The number of rotatable bonds is 4. The van der Waals surface area contributed by atoms with Crippen LogP contribution in [-0.2, 0) is 0 Å². The van der Waals surface area contributed by atoms with E-state index in [1.54, 1.807) is 22.7 Å². The van der Waals surface area contributed by atoms with Gasteiger partial charge in [0.2, 0.25) is 0 Å². The maximum Gasteiger partial charge on any atom is 0.255 e. The molecule has 3 unspecified atom stereocenters. The Morgan fingerprint density at radius 2 is 1.85 bits per heavy atom. The molecule has 7 heteroatoms. The SMILES string of the molecule is CC(C)C(O)c1nnc2ccc(C(=O)N(C)C3C[C@H]4CC(O)C[C@H]4C3)cn12. The van der Waals surface area contributed by atoms with Crippen LogP contribution in [0.25, 0.3) is 5.65 Å². The number of carbonyl (C=O) groups is 1. The molecule has 4 rings (SSSR count). The van der Waals surface area contributed by atoms with Crippen LogP contribution in [0.2, 0.25) is 0 Å². The Hall–Kier alpha value is -1.99. The normalized spacial score (nSPS) is 28.7. The number of aliphatic hydroxyl groups excluding tert-OH is 2. The summed E-state index contributed by atoms with van der Waals surface area (Å²) in [4.78, 5) is 14.9. The number of aliphatic hydroxyl groups is 2. The molecule has 146 valence electrons. The molecule has 5 atom stereocenters. The van der Waals surface area contributed by atoms with E-state index in [9.17, 15) is 15.0 Å². The molecule has 2 aliphatic carbocycles. The Morgan fingerprint density at radius 3 is 2.48 bits per heavy atom. The lowest BCUT2D eigenvalue weighted by Crippen LogP contribution is -2.36. The van der Waals surface area contributed by atoms with Crippen molar-refractivity contribution >= 4 is 11.6 Å². The van der Waals surface area contributed by atoms with Gasteiger partial charge in [-0.05, 0) is 55.6 Å². The molecule has 0 radical (unpaired) electrons. The fourth-order valence-corrected chi connectivity index (χ4v) is 4.77. The minimum atomic E-state index is -0.733. The van der Waals surface area contributed by atoms with E-state index in [2.05, 4.69) is 10.2 Å². The molecule has 2 aliphatic rings. The summed E-state index contributed by atoms with van der Waals surface area (Å²) >= 11 is 0. The summed E-state index contributed by atoms with van der Waals surface area (Å²) < 4.78 is 1.71. The molecule has 27 heavy (non-hydrogen) atoms. The van der Waals surface area contributed by atoms with E-state index >= 15 is 0 Å². The maximum atomic E-state index is 13.1. The average Bonchev–Trinajstić information content (AvgIpc) is 3.31. The molecule has 2 fully saturated rings. The van der Waals surface area contributed by atoms with Crippen LogP contribution in [0.1, 0.15) is 61.8 Å². The molecule has 0 bridgehead atoms. The van der Waals surface area contributed by atoms with Crippen LogP contribution in [0.5, 0.6) is 0 Å². The van der Waals surface area contributed by atoms with Crippen LogP contribution in [0.3, 0.4) is 0 Å². The lowest BCUT2D eigenvalue weighted by Gasteiger charge is -2.26. The monoisotopic (exact) mass is 372 g/mol. The first-order valence-electron chi connectivity index (χ1n) is 9.83. The molecule has 2 aromatic heterocycles. The van der Waals surface area contributed by atoms with E-state index in [4.69, 9.17) is 0 Å². The van der Waals surface area contributed by atoms with Gasteiger partial charge in [-0.1, -0.05) is 13.8 Å². The highest BCUT2D eigenvalue weighted by Gasteiger charge is 2.43. The molecule has 2 saturated carbocycles. The van der Waals surface area contributed by atoms with Crippen molar-refractivity contribution in [3.05, 3.63) is 29.7 Å². The van der Waals surface area contributed by atoms with E-state index < -0.39 is 6.10 Å². The Bertz CT molecular complexity index is 835. The third-order valence-corrected chi connectivity index (χ3v) is 6.41. The van der Waals surface area contributed by atoms with Gasteiger partial charge < -0.3 is 15.1 Å². The molecule has 2 aromatic rings. The van der Waals surface area contributed by atoms with E-state index in [1.807, 2.05) is 25.8 Å². The van der Waals surface area contributed by atoms with Crippen LogP contribution in [0.4, 0.5) is 0 Å². The van der Waals surface area contributed by atoms with E-state index in [0.717, 1.165) is 25.7 Å². The highest BCUT2D eigenvalue weighted by atomic mass is 16.3. The zero-order valence-electron chi connectivity index (χ0n) is 16.1. The summed E-state index contributed by atoms with van der Waals surface area (Å²) in [6, 6.07) is 3.76. The van der Waals surface area contributed by atoms with Gasteiger partial charge in [-0.2, -0.15) is 0 Å². The van der Waals surface area contributed by atoms with Crippen LogP contribution in [0, 0.1) is 17.8 Å². The largest absolute Gasteiger partial charge is 0.393 e. The van der Waals surface area contributed by atoms with Crippen LogP contribution in [0.15, 0.2) is 18.3 Å². The van der Waals surface area contributed by atoms with Crippen LogP contribution < -0.4 is 0 Å². The average molecular weight is 372 g/mol. The van der Waals surface area contributed by atoms with Crippen molar-refractivity contribution in [3.63, 3.8) is 0 Å². The van der Waals surface area contributed by atoms with Gasteiger partial charge >= 0.3 is 0 Å². The molecule has 7 nitrogen and oxygen atoms in total. The zero-order chi connectivity index (χ0) is 19.3. The first-order chi connectivity index (χ1) is 12.8. The lowest BCUT2D eigenvalue weighted by molar-refractivity contribution is 0.0721. The number of nitrogens with zero attached hydrogens (tertiary/aromatic N) is 4. The van der Waals surface area contributed by atoms with E-state index in [1.165, 1.54) is 0 Å². The van der Waals surface area contributed by atoms with E-state index in [0.29, 0.717) is 28.9 Å². The Kier molecular flexibility index (Phi) is 4.68. The van der Waals surface area contributed by atoms with Crippen LogP contribution in [-0.4, -0.2) is 54.8 Å². The first-order valence-corrected chi connectivity index (χ1v) is 9.83. The molecule has 2 heterocycles. The van der Waals surface area contributed by atoms with Gasteiger partial charge in [-0.3, -0.25) is 9.20 Å². The molecular formula is C20H28N4O3. The number of amides is 1. The molecular weight excluding hydrogens is 344 g/mol. The van der Waals surface area contributed by atoms with Gasteiger partial charge in [-0.15, -0.1) is 10.2 Å². The van der Waals surface area contributed by atoms with Crippen molar-refractivity contribution in [2.75, 3.05) is 7.05 Å². The number of pyridine rings is 1. The summed E-state index contributed by atoms with van der Waals surface area (Å²) in [7, 11) is 1.87. The summed E-state index contributed by atoms with van der Waals surface area (Å²) in [5, 5.41) is 28.4. The van der Waals surface area contributed by atoms with Crippen molar-refractivity contribution in [3.8, 4) is 0 Å². The van der Waals surface area contributed by atoms with Gasteiger partial charge in [-0.25, -0.2) is 0 Å². The molecule has 0 aromatic carbocycles. The van der Waals surface area contributed by atoms with Gasteiger partial charge in [0.25, 0.3) is 5.91 Å². The first kappa shape index (κ1) is 18.4. The minimum absolute atomic E-state index is 0.00711. The second-order valence-electron chi connectivity index (χ2n) is 8.58. The molecule has 0 aliphatic heterocycles. The molecule has 1 amide bonds. The Balaban J connectivity index is 1.55. The van der Waals surface area contributed by atoms with Crippen LogP contribution >= 0.6 is 0 Å². The van der Waals surface area contributed by atoms with Crippen molar-refractivity contribution in [2.45, 2.75) is 57.8 Å². The van der Waals surface area contributed by atoms with E-state index in [-0.39, 0.29) is 24.0 Å². The number of carbonyl (C=O) groups excluding carboxylic acids is 1. The predicted molar refractivity (Wildman–Crippen MR) is 100 cm³/mol. The summed E-state index contributed by atoms with van der Waals surface area (Å²) in [6.07, 6.45) is 4.51.